The van der Waals surface area contributed by atoms with Crippen LogP contribution in [0.4, 0.5) is 0 Å². The van der Waals surface area contributed by atoms with Crippen LogP contribution in [0.5, 0.6) is 5.75 Å². The van der Waals surface area contributed by atoms with Gasteiger partial charge in [0.25, 0.3) is 15.9 Å². The number of amides is 3. The van der Waals surface area contributed by atoms with E-state index in [9.17, 15) is 27.9 Å². The lowest BCUT2D eigenvalue weighted by atomic mass is 10.00. The number of carbonyl (C=O) groups is 3. The number of nitrogens with zero attached hydrogens (tertiary/aromatic N) is 2. The monoisotopic (exact) mass is 703 g/mol. The lowest BCUT2D eigenvalue weighted by Gasteiger charge is -2.31. The molecule has 1 aliphatic carbocycles. The summed E-state index contributed by atoms with van der Waals surface area (Å²) in [6.45, 7) is -0.531. The van der Waals surface area contributed by atoms with Gasteiger partial charge in [-0.15, -0.1) is 0 Å². The Morgan fingerprint density at radius 2 is 1.62 bits per heavy atom. The van der Waals surface area contributed by atoms with Crippen molar-refractivity contribution in [2.45, 2.75) is 67.7 Å². The molecule has 5 rings (SSSR count). The normalized spacial score (nSPS) is 15.3. The Morgan fingerprint density at radius 3 is 2.30 bits per heavy atom. The van der Waals surface area contributed by atoms with Crippen molar-refractivity contribution in [2.75, 3.05) is 13.7 Å². The Morgan fingerprint density at radius 1 is 0.940 bits per heavy atom. The number of aliphatic hydroxyl groups excluding tert-OH is 1. The van der Waals surface area contributed by atoms with Gasteiger partial charge < -0.3 is 26.2 Å². The van der Waals surface area contributed by atoms with Gasteiger partial charge in [0.1, 0.15) is 17.5 Å². The quantitative estimate of drug-likeness (QED) is 0.127. The number of benzene rings is 3. The summed E-state index contributed by atoms with van der Waals surface area (Å²) in [5.41, 5.74) is 6.79. The van der Waals surface area contributed by atoms with E-state index in [1.807, 2.05) is 18.2 Å². The van der Waals surface area contributed by atoms with Crippen LogP contribution in [-0.2, 0) is 30.9 Å². The molecule has 14 heteroatoms. The molecule has 0 bridgehead atoms. The Hall–Kier alpha value is -4.89. The molecule has 3 amide bonds. The van der Waals surface area contributed by atoms with E-state index >= 15 is 0 Å². The number of carbonyl (C=O) groups excluding carboxylic acids is 3. The second-order valence-electron chi connectivity index (χ2n) is 12.1. The van der Waals surface area contributed by atoms with E-state index in [1.165, 1.54) is 37.4 Å². The second kappa shape index (κ2) is 16.7. The molecule has 4 aromatic rings. The molecule has 0 unspecified atom stereocenters. The summed E-state index contributed by atoms with van der Waals surface area (Å²) in [5, 5.41) is 17.8. The highest BCUT2D eigenvalue weighted by Crippen LogP contribution is 2.27. The standard InChI is InChI=1S/C36H41N5O8S/c1-48-26-16-18-28(19-17-26)50(46,47)41(49-27-12-6-7-13-27)23-33(42)31(21-24-9-3-2-4-10-24)39-36(45)32(22-34(37)43)40-35(44)30-20-15-25-11-5-8-14-29(25)38-30/h2-5,8-11,14-20,27,31-33,42H,6-7,12-13,21-23H2,1H3,(H2,37,43)(H,39,45)(H,40,44)/t31-,32-,33+/m0/s1. The van der Waals surface area contributed by atoms with Gasteiger partial charge in [0.15, 0.2) is 0 Å². The van der Waals surface area contributed by atoms with Gasteiger partial charge in [-0.3, -0.25) is 19.2 Å². The van der Waals surface area contributed by atoms with Crippen molar-refractivity contribution < 1.29 is 37.5 Å². The van der Waals surface area contributed by atoms with Crippen LogP contribution in [0, 0.1) is 0 Å². The minimum atomic E-state index is -4.28. The molecule has 13 nitrogen and oxygen atoms in total. The molecule has 50 heavy (non-hydrogen) atoms. The van der Waals surface area contributed by atoms with Gasteiger partial charge in [-0.25, -0.2) is 13.4 Å². The lowest BCUT2D eigenvalue weighted by Crippen LogP contribution is -2.56. The number of methoxy groups -OCH3 is 1. The van der Waals surface area contributed by atoms with Crippen LogP contribution >= 0.6 is 0 Å². The van der Waals surface area contributed by atoms with Gasteiger partial charge in [-0.2, -0.15) is 0 Å². The second-order valence-corrected chi connectivity index (χ2v) is 14.0. The molecular formula is C36H41N5O8S. The van der Waals surface area contributed by atoms with E-state index in [4.69, 9.17) is 15.3 Å². The number of sulfonamides is 1. The van der Waals surface area contributed by atoms with Gasteiger partial charge in [-0.1, -0.05) is 71.9 Å². The van der Waals surface area contributed by atoms with Crippen molar-refractivity contribution in [3.05, 3.63) is 102 Å². The number of fused-ring (bicyclic) bond motifs is 1. The van der Waals surface area contributed by atoms with Crippen LogP contribution in [0.2, 0.25) is 0 Å². The van der Waals surface area contributed by atoms with E-state index in [2.05, 4.69) is 15.6 Å². The van der Waals surface area contributed by atoms with Gasteiger partial charge in [-0.05, 0) is 61.2 Å². The summed E-state index contributed by atoms with van der Waals surface area (Å²) in [6.07, 6.45) is 0.706. The molecule has 1 heterocycles. The van der Waals surface area contributed by atoms with E-state index < -0.39 is 58.9 Å². The Kier molecular flexibility index (Phi) is 12.1. The van der Waals surface area contributed by atoms with Crippen molar-refractivity contribution in [1.29, 1.82) is 0 Å². The van der Waals surface area contributed by atoms with Crippen molar-refractivity contribution in [2.24, 2.45) is 5.73 Å². The van der Waals surface area contributed by atoms with Crippen molar-refractivity contribution in [3.63, 3.8) is 0 Å². The fourth-order valence-corrected chi connectivity index (χ4v) is 7.07. The number of hydroxylamine groups is 1. The minimum absolute atomic E-state index is 0.0234. The van der Waals surface area contributed by atoms with Gasteiger partial charge in [0.05, 0.1) is 48.7 Å². The number of para-hydroxylation sites is 1. The third-order valence-electron chi connectivity index (χ3n) is 8.48. The van der Waals surface area contributed by atoms with E-state index in [0.717, 1.165) is 28.3 Å². The predicted molar refractivity (Wildman–Crippen MR) is 185 cm³/mol. The number of ether oxygens (including phenoxy) is 1. The maximum absolute atomic E-state index is 13.9. The van der Waals surface area contributed by atoms with Crippen LogP contribution in [0.3, 0.4) is 0 Å². The number of pyridine rings is 1. The third kappa shape index (κ3) is 9.41. The highest BCUT2D eigenvalue weighted by Gasteiger charge is 2.35. The number of primary amides is 1. The first-order valence-corrected chi connectivity index (χ1v) is 17.8. The average Bonchev–Trinajstić information content (AvgIpc) is 3.64. The molecule has 0 aliphatic heterocycles. The van der Waals surface area contributed by atoms with E-state index in [1.54, 1.807) is 42.5 Å². The molecule has 5 N–H and O–H groups in total. The van der Waals surface area contributed by atoms with Crippen LogP contribution in [-0.4, -0.2) is 78.6 Å². The van der Waals surface area contributed by atoms with E-state index in [-0.39, 0.29) is 23.1 Å². The first-order valence-electron chi connectivity index (χ1n) is 16.3. The topological polar surface area (TPSA) is 190 Å². The summed E-state index contributed by atoms with van der Waals surface area (Å²) in [5.74, 6) is -1.90. The zero-order valence-electron chi connectivity index (χ0n) is 27.6. The average molecular weight is 704 g/mol. The summed E-state index contributed by atoms with van der Waals surface area (Å²) in [7, 11) is -2.81. The molecule has 0 radical (unpaired) electrons. The number of nitrogens with one attached hydrogen (secondary N) is 2. The van der Waals surface area contributed by atoms with E-state index in [0.29, 0.717) is 24.1 Å². The zero-order chi connectivity index (χ0) is 35.7. The van der Waals surface area contributed by atoms with Crippen molar-refractivity contribution in [1.82, 2.24) is 20.1 Å². The summed E-state index contributed by atoms with van der Waals surface area (Å²) in [4.78, 5) is 49.3. The smallest absolute Gasteiger partial charge is 0.270 e. The zero-order valence-corrected chi connectivity index (χ0v) is 28.4. The maximum Gasteiger partial charge on any atom is 0.270 e. The van der Waals surface area contributed by atoms with Crippen LogP contribution < -0.4 is 21.1 Å². The molecule has 0 spiro atoms. The number of nitrogens with two attached hydrogens (primary N) is 1. The number of aromatic nitrogens is 1. The Labute approximate surface area is 290 Å². The molecule has 1 aromatic heterocycles. The first kappa shape index (κ1) is 36.4. The minimum Gasteiger partial charge on any atom is -0.497 e. The molecule has 1 fully saturated rings. The molecule has 264 valence electrons. The molecule has 3 aromatic carbocycles. The Balaban J connectivity index is 1.39. The van der Waals surface area contributed by atoms with Gasteiger partial charge in [0.2, 0.25) is 11.8 Å². The SMILES string of the molecule is COc1ccc(S(=O)(=O)N(C[C@@H](O)[C@H](Cc2ccccc2)NC(=O)[C@H](CC(N)=O)NC(=O)c2ccc3ccccc3n2)OC2CCCC2)cc1. The molecule has 0 saturated heterocycles. The fraction of sp³-hybridized carbons (Fsp3) is 0.333. The number of aliphatic hydroxyl groups is 1. The number of rotatable bonds is 16. The van der Waals surface area contributed by atoms with Gasteiger partial charge >= 0.3 is 0 Å². The number of hydrogen-bond donors (Lipinski definition) is 4. The van der Waals surface area contributed by atoms with Crippen molar-refractivity contribution >= 4 is 38.6 Å². The van der Waals surface area contributed by atoms with Crippen LogP contribution in [0.15, 0.2) is 95.9 Å². The number of hydrogen-bond acceptors (Lipinski definition) is 9. The highest BCUT2D eigenvalue weighted by atomic mass is 32.2. The summed E-state index contributed by atoms with van der Waals surface area (Å²) >= 11 is 0. The highest BCUT2D eigenvalue weighted by molar-refractivity contribution is 7.89. The lowest BCUT2D eigenvalue weighted by molar-refractivity contribution is -0.146. The van der Waals surface area contributed by atoms with Crippen LogP contribution in [0.1, 0.15) is 48.2 Å². The van der Waals surface area contributed by atoms with Crippen LogP contribution in [0.25, 0.3) is 10.9 Å². The maximum atomic E-state index is 13.9. The largest absolute Gasteiger partial charge is 0.497 e. The summed E-state index contributed by atoms with van der Waals surface area (Å²) < 4.78 is 33.7. The first-order chi connectivity index (χ1) is 24.0. The van der Waals surface area contributed by atoms with Gasteiger partial charge in [0, 0.05) is 5.39 Å². The summed E-state index contributed by atoms with van der Waals surface area (Å²) in [6, 6.07) is 22.7. The molecule has 3 atom stereocenters. The van der Waals surface area contributed by atoms with Crippen molar-refractivity contribution in [3.8, 4) is 5.75 Å². The molecule has 1 saturated carbocycles. The predicted octanol–water partition coefficient (Wildman–Crippen LogP) is 2.87. The third-order valence-corrected chi connectivity index (χ3v) is 10.1. The molecular weight excluding hydrogens is 662 g/mol. The Bertz CT molecular complexity index is 1890. The fourth-order valence-electron chi connectivity index (χ4n) is 5.77. The molecule has 1 aliphatic rings.